The van der Waals surface area contributed by atoms with Gasteiger partial charge < -0.3 is 15.4 Å². The quantitative estimate of drug-likeness (QED) is 0.861. The van der Waals surface area contributed by atoms with Gasteiger partial charge in [0.1, 0.15) is 6.61 Å². The van der Waals surface area contributed by atoms with Gasteiger partial charge in [0.2, 0.25) is 11.8 Å². The fourth-order valence-corrected chi connectivity index (χ4v) is 3.92. The first-order chi connectivity index (χ1) is 11.7. The third-order valence-corrected chi connectivity index (χ3v) is 5.08. The average molecular weight is 330 g/mol. The van der Waals surface area contributed by atoms with Crippen molar-refractivity contribution in [2.75, 3.05) is 13.7 Å². The van der Waals surface area contributed by atoms with Crippen molar-refractivity contribution in [2.24, 2.45) is 5.92 Å². The molecule has 2 atom stereocenters. The molecule has 0 unspecified atom stereocenters. The molecule has 2 aliphatic rings. The molecule has 0 aliphatic heterocycles. The van der Waals surface area contributed by atoms with Crippen molar-refractivity contribution in [3.63, 3.8) is 0 Å². The molecule has 3 rings (SSSR count). The van der Waals surface area contributed by atoms with Gasteiger partial charge in [-0.05, 0) is 49.7 Å². The second kappa shape index (κ2) is 7.79. The molecule has 0 radical (unpaired) electrons. The Bertz CT molecular complexity index is 577. The minimum atomic E-state index is -0.0827. The van der Waals surface area contributed by atoms with Gasteiger partial charge in [-0.25, -0.2) is 0 Å². The van der Waals surface area contributed by atoms with E-state index in [2.05, 4.69) is 22.8 Å². The van der Waals surface area contributed by atoms with Gasteiger partial charge >= 0.3 is 0 Å². The van der Waals surface area contributed by atoms with E-state index in [0.29, 0.717) is 0 Å². The highest BCUT2D eigenvalue weighted by atomic mass is 16.5. The number of nitrogens with one attached hydrogen (secondary N) is 2. The lowest BCUT2D eigenvalue weighted by atomic mass is 9.90. The maximum Gasteiger partial charge on any atom is 0.246 e. The number of hydrogen-bond donors (Lipinski definition) is 2. The van der Waals surface area contributed by atoms with Gasteiger partial charge in [-0.15, -0.1) is 0 Å². The fraction of sp³-hybridized carbons (Fsp3) is 0.579. The van der Waals surface area contributed by atoms with Crippen molar-refractivity contribution in [3.8, 4) is 0 Å². The largest absolute Gasteiger partial charge is 0.375 e. The SMILES string of the molecule is COCC(=O)N[C@@H]1CCC[C@H](NC(=O)C2Cc3ccccc3C2)C1. The van der Waals surface area contributed by atoms with E-state index in [9.17, 15) is 9.59 Å². The summed E-state index contributed by atoms with van der Waals surface area (Å²) in [5, 5.41) is 6.20. The Hall–Kier alpha value is -1.88. The average Bonchev–Trinajstić information content (AvgIpc) is 2.99. The number of amides is 2. The number of ether oxygens (including phenoxy) is 1. The smallest absolute Gasteiger partial charge is 0.246 e. The number of hydrogen-bond acceptors (Lipinski definition) is 3. The van der Waals surface area contributed by atoms with Crippen LogP contribution < -0.4 is 10.6 Å². The van der Waals surface area contributed by atoms with E-state index >= 15 is 0 Å². The molecule has 24 heavy (non-hydrogen) atoms. The molecule has 1 aromatic carbocycles. The Morgan fingerprint density at radius 2 is 1.71 bits per heavy atom. The molecule has 0 heterocycles. The highest BCUT2D eigenvalue weighted by Crippen LogP contribution is 2.27. The van der Waals surface area contributed by atoms with Crippen LogP contribution in [-0.4, -0.2) is 37.6 Å². The van der Waals surface area contributed by atoms with Gasteiger partial charge in [0.25, 0.3) is 0 Å². The maximum absolute atomic E-state index is 12.6. The zero-order chi connectivity index (χ0) is 16.9. The topological polar surface area (TPSA) is 67.4 Å². The second-order valence-electron chi connectivity index (χ2n) is 6.94. The lowest BCUT2D eigenvalue weighted by molar-refractivity contribution is -0.125. The van der Waals surface area contributed by atoms with Crippen LogP contribution in [-0.2, 0) is 27.2 Å². The number of fused-ring (bicyclic) bond motifs is 1. The Morgan fingerprint density at radius 3 is 2.33 bits per heavy atom. The van der Waals surface area contributed by atoms with Crippen molar-refractivity contribution in [2.45, 2.75) is 50.6 Å². The molecule has 1 saturated carbocycles. The summed E-state index contributed by atoms with van der Waals surface area (Å²) in [6.45, 7) is 0.0911. The summed E-state index contributed by atoms with van der Waals surface area (Å²) in [7, 11) is 1.52. The van der Waals surface area contributed by atoms with Gasteiger partial charge in [0, 0.05) is 25.1 Å². The van der Waals surface area contributed by atoms with Gasteiger partial charge in [-0.2, -0.15) is 0 Å². The number of rotatable bonds is 5. The van der Waals surface area contributed by atoms with Gasteiger partial charge in [-0.3, -0.25) is 9.59 Å². The normalized spacial score (nSPS) is 23.5. The number of carbonyl (C=O) groups excluding carboxylic acids is 2. The summed E-state index contributed by atoms with van der Waals surface area (Å²) >= 11 is 0. The zero-order valence-electron chi connectivity index (χ0n) is 14.2. The summed E-state index contributed by atoms with van der Waals surface area (Å²) in [4.78, 5) is 24.2. The van der Waals surface area contributed by atoms with Crippen LogP contribution in [0.4, 0.5) is 0 Å². The van der Waals surface area contributed by atoms with E-state index in [4.69, 9.17) is 4.74 Å². The molecule has 5 nitrogen and oxygen atoms in total. The highest BCUT2D eigenvalue weighted by Gasteiger charge is 2.30. The number of methoxy groups -OCH3 is 1. The summed E-state index contributed by atoms with van der Waals surface area (Å²) in [5.74, 6) is 0.117. The van der Waals surface area contributed by atoms with Gasteiger partial charge in [0.15, 0.2) is 0 Å². The van der Waals surface area contributed by atoms with E-state index in [0.717, 1.165) is 38.5 Å². The van der Waals surface area contributed by atoms with Crippen molar-refractivity contribution >= 4 is 11.8 Å². The summed E-state index contributed by atoms with van der Waals surface area (Å²) in [6.07, 6.45) is 5.46. The Labute approximate surface area is 143 Å². The molecule has 5 heteroatoms. The number of benzene rings is 1. The third kappa shape index (κ3) is 4.15. The van der Waals surface area contributed by atoms with E-state index in [1.807, 2.05) is 12.1 Å². The standard InChI is InChI=1S/C19H26N2O3/c1-24-12-18(22)20-16-7-4-8-17(11-16)21-19(23)15-9-13-5-2-3-6-14(13)10-15/h2-3,5-6,15-17H,4,7-12H2,1H3,(H,20,22)(H,21,23)/t16-,17+/m1/s1. The predicted octanol–water partition coefficient (Wildman–Crippen LogP) is 1.59. The lowest BCUT2D eigenvalue weighted by Gasteiger charge is -2.31. The molecule has 0 aromatic heterocycles. The maximum atomic E-state index is 12.6. The minimum absolute atomic E-state index is 0.0471. The van der Waals surface area contributed by atoms with E-state index < -0.39 is 0 Å². The van der Waals surface area contributed by atoms with Crippen LogP contribution in [0.2, 0.25) is 0 Å². The van der Waals surface area contributed by atoms with E-state index in [-0.39, 0.29) is 36.4 Å². The molecule has 0 spiro atoms. The fourth-order valence-electron chi connectivity index (χ4n) is 3.92. The van der Waals surface area contributed by atoms with Crippen LogP contribution in [0, 0.1) is 5.92 Å². The molecule has 0 bridgehead atoms. The van der Waals surface area contributed by atoms with E-state index in [1.54, 1.807) is 0 Å². The second-order valence-corrected chi connectivity index (χ2v) is 6.94. The van der Waals surface area contributed by atoms with Crippen LogP contribution in [0.25, 0.3) is 0 Å². The third-order valence-electron chi connectivity index (χ3n) is 5.08. The molecule has 2 aliphatic carbocycles. The molecule has 130 valence electrons. The van der Waals surface area contributed by atoms with Crippen LogP contribution in [0.15, 0.2) is 24.3 Å². The van der Waals surface area contributed by atoms with Crippen molar-refractivity contribution in [1.82, 2.24) is 10.6 Å². The molecule has 0 saturated heterocycles. The monoisotopic (exact) mass is 330 g/mol. The van der Waals surface area contributed by atoms with Gasteiger partial charge in [0.05, 0.1) is 0 Å². The Balaban J connectivity index is 1.49. The van der Waals surface area contributed by atoms with Crippen molar-refractivity contribution in [1.29, 1.82) is 0 Å². The zero-order valence-corrected chi connectivity index (χ0v) is 14.2. The van der Waals surface area contributed by atoms with Crippen LogP contribution in [0.1, 0.15) is 36.8 Å². The summed E-state index contributed by atoms with van der Waals surface area (Å²) in [5.41, 5.74) is 2.59. The highest BCUT2D eigenvalue weighted by molar-refractivity contribution is 5.80. The van der Waals surface area contributed by atoms with Crippen LogP contribution in [0.5, 0.6) is 0 Å². The van der Waals surface area contributed by atoms with Crippen molar-refractivity contribution < 1.29 is 14.3 Å². The van der Waals surface area contributed by atoms with Gasteiger partial charge in [-0.1, -0.05) is 24.3 Å². The molecule has 2 amide bonds. The summed E-state index contributed by atoms with van der Waals surface area (Å²) in [6, 6.07) is 8.59. The lowest BCUT2D eigenvalue weighted by Crippen LogP contribution is -2.47. The first-order valence-corrected chi connectivity index (χ1v) is 8.81. The Morgan fingerprint density at radius 1 is 1.08 bits per heavy atom. The summed E-state index contributed by atoms with van der Waals surface area (Å²) < 4.78 is 4.85. The molecule has 1 aromatic rings. The molecule has 1 fully saturated rings. The van der Waals surface area contributed by atoms with Crippen molar-refractivity contribution in [3.05, 3.63) is 35.4 Å². The molecular formula is C19H26N2O3. The number of carbonyl (C=O) groups is 2. The molecule has 2 N–H and O–H groups in total. The first-order valence-electron chi connectivity index (χ1n) is 8.81. The van der Waals surface area contributed by atoms with Crippen LogP contribution >= 0.6 is 0 Å². The predicted molar refractivity (Wildman–Crippen MR) is 91.5 cm³/mol. The first kappa shape index (κ1) is 17.0. The van der Waals surface area contributed by atoms with E-state index in [1.165, 1.54) is 18.2 Å². The minimum Gasteiger partial charge on any atom is -0.375 e. The molecular weight excluding hydrogens is 304 g/mol. The Kier molecular flexibility index (Phi) is 5.51. The van der Waals surface area contributed by atoms with Crippen LogP contribution in [0.3, 0.4) is 0 Å².